The van der Waals surface area contributed by atoms with Crippen LogP contribution in [0.3, 0.4) is 0 Å². The smallest absolute Gasteiger partial charge is 0.160 e. The first kappa shape index (κ1) is 10.4. The van der Waals surface area contributed by atoms with Crippen molar-refractivity contribution in [2.24, 2.45) is 5.92 Å². The molecular formula is C11H15N3. The molecule has 0 aliphatic rings. The first-order valence-corrected chi connectivity index (χ1v) is 4.55. The molecule has 74 valence electrons. The van der Waals surface area contributed by atoms with Gasteiger partial charge in [0.25, 0.3) is 0 Å². The van der Waals surface area contributed by atoms with Crippen molar-refractivity contribution in [1.82, 2.24) is 14.8 Å². The van der Waals surface area contributed by atoms with Crippen molar-refractivity contribution in [1.29, 1.82) is 0 Å². The third-order valence-corrected chi connectivity index (χ3v) is 2.00. The molecule has 1 rings (SSSR count). The Labute approximate surface area is 84.5 Å². The van der Waals surface area contributed by atoms with Crippen molar-refractivity contribution < 1.29 is 0 Å². The number of nitrogens with zero attached hydrogens (tertiary/aromatic N) is 3. The fourth-order valence-corrected chi connectivity index (χ4v) is 1.11. The SMILES string of the molecule is C=C/C(=C\c1nncn1C=C)C(C)C. The molecule has 0 saturated carbocycles. The van der Waals surface area contributed by atoms with Crippen LogP contribution in [0.15, 0.2) is 31.1 Å². The maximum absolute atomic E-state index is 3.97. The Morgan fingerprint density at radius 1 is 1.50 bits per heavy atom. The molecule has 0 saturated heterocycles. The van der Waals surface area contributed by atoms with E-state index in [4.69, 9.17) is 0 Å². The summed E-state index contributed by atoms with van der Waals surface area (Å²) in [4.78, 5) is 0. The summed E-state index contributed by atoms with van der Waals surface area (Å²) in [6, 6.07) is 0. The van der Waals surface area contributed by atoms with Gasteiger partial charge < -0.3 is 0 Å². The Morgan fingerprint density at radius 2 is 2.21 bits per heavy atom. The van der Waals surface area contributed by atoms with Crippen LogP contribution in [0.5, 0.6) is 0 Å². The number of aromatic nitrogens is 3. The highest BCUT2D eigenvalue weighted by molar-refractivity contribution is 5.51. The van der Waals surface area contributed by atoms with Crippen LogP contribution >= 0.6 is 0 Å². The van der Waals surface area contributed by atoms with Crippen molar-refractivity contribution in [3.8, 4) is 0 Å². The van der Waals surface area contributed by atoms with Crippen LogP contribution in [0.1, 0.15) is 19.7 Å². The molecule has 3 heteroatoms. The Morgan fingerprint density at radius 3 is 2.71 bits per heavy atom. The molecule has 0 spiro atoms. The van der Waals surface area contributed by atoms with Crippen LogP contribution < -0.4 is 0 Å². The topological polar surface area (TPSA) is 30.7 Å². The quantitative estimate of drug-likeness (QED) is 0.681. The summed E-state index contributed by atoms with van der Waals surface area (Å²) in [5.74, 6) is 1.21. The minimum absolute atomic E-state index is 0.433. The summed E-state index contributed by atoms with van der Waals surface area (Å²) in [5.41, 5.74) is 1.14. The summed E-state index contributed by atoms with van der Waals surface area (Å²) in [7, 11) is 0. The van der Waals surface area contributed by atoms with E-state index >= 15 is 0 Å². The van der Waals surface area contributed by atoms with Gasteiger partial charge >= 0.3 is 0 Å². The van der Waals surface area contributed by atoms with E-state index in [0.717, 1.165) is 11.4 Å². The summed E-state index contributed by atoms with van der Waals surface area (Å²) < 4.78 is 1.77. The molecule has 0 N–H and O–H groups in total. The Hall–Kier alpha value is -1.64. The molecule has 0 atom stereocenters. The van der Waals surface area contributed by atoms with Gasteiger partial charge in [0.2, 0.25) is 0 Å². The number of allylic oxidation sites excluding steroid dienone is 2. The molecular weight excluding hydrogens is 174 g/mol. The molecule has 14 heavy (non-hydrogen) atoms. The lowest BCUT2D eigenvalue weighted by molar-refractivity contribution is 0.796. The number of hydrogen-bond acceptors (Lipinski definition) is 2. The van der Waals surface area contributed by atoms with Gasteiger partial charge in [0, 0.05) is 6.20 Å². The zero-order chi connectivity index (χ0) is 10.6. The average molecular weight is 189 g/mol. The van der Waals surface area contributed by atoms with Crippen molar-refractivity contribution in [3.63, 3.8) is 0 Å². The van der Waals surface area contributed by atoms with Crippen molar-refractivity contribution in [2.45, 2.75) is 13.8 Å². The van der Waals surface area contributed by atoms with Gasteiger partial charge in [0.05, 0.1) is 0 Å². The van der Waals surface area contributed by atoms with E-state index in [1.54, 1.807) is 17.1 Å². The second-order valence-corrected chi connectivity index (χ2v) is 3.28. The lowest BCUT2D eigenvalue weighted by Crippen LogP contribution is -1.94. The van der Waals surface area contributed by atoms with Gasteiger partial charge in [-0.05, 0) is 17.6 Å². The molecule has 1 aromatic heterocycles. The standard InChI is InChI=1S/C11H15N3/c1-5-10(9(3)4)7-11-13-12-8-14(11)6-2/h5-9H,1-2H2,3-4H3/b10-7+. The molecule has 0 aliphatic carbocycles. The first-order chi connectivity index (χ1) is 6.69. The van der Waals surface area contributed by atoms with E-state index in [1.165, 1.54) is 0 Å². The fraction of sp³-hybridized carbons (Fsp3) is 0.273. The molecule has 0 bridgehead atoms. The Bertz CT molecular complexity index is 358. The molecule has 0 fully saturated rings. The van der Waals surface area contributed by atoms with Crippen molar-refractivity contribution in [2.75, 3.05) is 0 Å². The Balaban J connectivity index is 3.05. The average Bonchev–Trinajstić information content (AvgIpc) is 2.60. The van der Waals surface area contributed by atoms with E-state index in [0.29, 0.717) is 5.92 Å². The molecule has 0 unspecified atom stereocenters. The van der Waals surface area contributed by atoms with Crippen LogP contribution in [0.25, 0.3) is 12.3 Å². The summed E-state index contributed by atoms with van der Waals surface area (Å²) in [5, 5.41) is 7.78. The molecule has 1 aromatic rings. The summed E-state index contributed by atoms with van der Waals surface area (Å²) in [6.45, 7) is 11.7. The lowest BCUT2D eigenvalue weighted by Gasteiger charge is -2.05. The normalized spacial score (nSPS) is 11.8. The van der Waals surface area contributed by atoms with E-state index < -0.39 is 0 Å². The zero-order valence-corrected chi connectivity index (χ0v) is 8.64. The molecule has 0 radical (unpaired) electrons. The van der Waals surface area contributed by atoms with Crippen LogP contribution in [0, 0.1) is 5.92 Å². The zero-order valence-electron chi connectivity index (χ0n) is 8.64. The predicted octanol–water partition coefficient (Wildman–Crippen LogP) is 2.60. The van der Waals surface area contributed by atoms with Gasteiger partial charge in [-0.15, -0.1) is 10.2 Å². The highest BCUT2D eigenvalue weighted by atomic mass is 15.2. The van der Waals surface area contributed by atoms with Crippen LogP contribution in [-0.2, 0) is 0 Å². The van der Waals surface area contributed by atoms with E-state index in [-0.39, 0.29) is 0 Å². The van der Waals surface area contributed by atoms with Crippen molar-refractivity contribution >= 4 is 12.3 Å². The lowest BCUT2D eigenvalue weighted by atomic mass is 10.0. The second kappa shape index (κ2) is 4.56. The van der Waals surface area contributed by atoms with Gasteiger partial charge in [0.15, 0.2) is 5.82 Å². The second-order valence-electron chi connectivity index (χ2n) is 3.28. The van der Waals surface area contributed by atoms with Crippen LogP contribution in [0.4, 0.5) is 0 Å². The highest BCUT2D eigenvalue weighted by Gasteiger charge is 2.02. The summed E-state index contributed by atoms with van der Waals surface area (Å²) in [6.07, 6.45) is 7.10. The first-order valence-electron chi connectivity index (χ1n) is 4.55. The highest BCUT2D eigenvalue weighted by Crippen LogP contribution is 2.14. The van der Waals surface area contributed by atoms with Gasteiger partial charge in [0.1, 0.15) is 6.33 Å². The monoisotopic (exact) mass is 189 g/mol. The van der Waals surface area contributed by atoms with Gasteiger partial charge in [-0.25, -0.2) is 0 Å². The van der Waals surface area contributed by atoms with E-state index in [1.807, 2.05) is 12.2 Å². The van der Waals surface area contributed by atoms with E-state index in [2.05, 4.69) is 37.2 Å². The fourth-order valence-electron chi connectivity index (χ4n) is 1.11. The summed E-state index contributed by atoms with van der Waals surface area (Å²) >= 11 is 0. The molecule has 3 nitrogen and oxygen atoms in total. The molecule has 0 aromatic carbocycles. The largest absolute Gasteiger partial charge is 0.290 e. The number of rotatable bonds is 4. The van der Waals surface area contributed by atoms with Gasteiger partial charge in [-0.1, -0.05) is 33.1 Å². The van der Waals surface area contributed by atoms with Gasteiger partial charge in [-0.3, -0.25) is 4.57 Å². The number of hydrogen-bond donors (Lipinski definition) is 0. The third-order valence-electron chi connectivity index (χ3n) is 2.00. The Kier molecular flexibility index (Phi) is 3.40. The molecule has 1 heterocycles. The minimum Gasteiger partial charge on any atom is -0.290 e. The molecule has 0 amide bonds. The van der Waals surface area contributed by atoms with E-state index in [9.17, 15) is 0 Å². The molecule has 0 aliphatic heterocycles. The third kappa shape index (κ3) is 2.19. The minimum atomic E-state index is 0.433. The van der Waals surface area contributed by atoms with Crippen LogP contribution in [-0.4, -0.2) is 14.8 Å². The van der Waals surface area contributed by atoms with Crippen LogP contribution in [0.2, 0.25) is 0 Å². The van der Waals surface area contributed by atoms with Gasteiger partial charge in [-0.2, -0.15) is 0 Å². The maximum Gasteiger partial charge on any atom is 0.160 e. The van der Waals surface area contributed by atoms with Crippen molar-refractivity contribution in [3.05, 3.63) is 37.0 Å². The predicted molar refractivity (Wildman–Crippen MR) is 59.4 cm³/mol. The maximum atomic E-state index is 3.97.